The average molecular weight is 284 g/mol. The lowest BCUT2D eigenvalue weighted by Crippen LogP contribution is -2.28. The minimum atomic E-state index is -0.368. The summed E-state index contributed by atoms with van der Waals surface area (Å²) in [6, 6.07) is 6.74. The van der Waals surface area contributed by atoms with E-state index in [9.17, 15) is 10.1 Å². The van der Waals surface area contributed by atoms with Crippen LogP contribution in [0.2, 0.25) is 0 Å². The van der Waals surface area contributed by atoms with Gasteiger partial charge in [0.05, 0.1) is 4.92 Å². The lowest BCUT2D eigenvalue weighted by Gasteiger charge is -2.21. The lowest BCUT2D eigenvalue weighted by molar-refractivity contribution is -0.384. The van der Waals surface area contributed by atoms with Crippen LogP contribution < -0.4 is 5.32 Å². The molecule has 4 nitrogen and oxygen atoms in total. The van der Waals surface area contributed by atoms with Crippen molar-refractivity contribution in [3.05, 3.63) is 39.9 Å². The number of nitro groups is 1. The summed E-state index contributed by atoms with van der Waals surface area (Å²) in [4.78, 5) is 10.1. The van der Waals surface area contributed by atoms with Crippen LogP contribution in [-0.2, 0) is 6.54 Å². The number of rotatable bonds is 5. The maximum Gasteiger partial charge on any atom is 0.269 e. The molecule has 0 amide bonds. The summed E-state index contributed by atoms with van der Waals surface area (Å²) < 4.78 is 0. The van der Waals surface area contributed by atoms with E-state index in [1.54, 1.807) is 12.1 Å². The van der Waals surface area contributed by atoms with Crippen LogP contribution in [0.4, 0.5) is 5.69 Å². The van der Waals surface area contributed by atoms with E-state index >= 15 is 0 Å². The maximum absolute atomic E-state index is 10.5. The van der Waals surface area contributed by atoms with Gasteiger partial charge in [-0.15, -0.1) is 0 Å². The first-order valence-electron chi connectivity index (χ1n) is 5.89. The Kier molecular flexibility index (Phi) is 5.34. The van der Waals surface area contributed by atoms with Crippen molar-refractivity contribution in [2.75, 3.05) is 23.8 Å². The first-order chi connectivity index (χ1) is 8.75. The number of non-ortho nitro benzene ring substituents is 1. The molecule has 98 valence electrons. The van der Waals surface area contributed by atoms with Gasteiger partial charge in [-0.3, -0.25) is 10.1 Å². The molecule has 6 heteroatoms. The summed E-state index contributed by atoms with van der Waals surface area (Å²) in [7, 11) is 0. The molecule has 0 bridgehead atoms. The highest BCUT2D eigenvalue weighted by Crippen LogP contribution is 2.23. The van der Waals surface area contributed by atoms with Crippen molar-refractivity contribution in [3.63, 3.8) is 0 Å². The molecule has 1 N–H and O–H groups in total. The quantitative estimate of drug-likeness (QED) is 0.665. The molecule has 0 aromatic heterocycles. The highest BCUT2D eigenvalue weighted by molar-refractivity contribution is 8.06. The smallest absolute Gasteiger partial charge is 0.269 e. The summed E-state index contributed by atoms with van der Waals surface area (Å²) in [5.41, 5.74) is 1.24. The van der Waals surface area contributed by atoms with Gasteiger partial charge in [-0.25, -0.2) is 0 Å². The molecule has 1 aromatic carbocycles. The molecule has 1 saturated heterocycles. The van der Waals surface area contributed by atoms with E-state index in [-0.39, 0.29) is 10.6 Å². The molecule has 1 fully saturated rings. The zero-order chi connectivity index (χ0) is 12.8. The molecular weight excluding hydrogens is 268 g/mol. The summed E-state index contributed by atoms with van der Waals surface area (Å²) >= 11 is 4.05. The van der Waals surface area contributed by atoms with Crippen LogP contribution in [0.15, 0.2) is 24.3 Å². The van der Waals surface area contributed by atoms with Crippen LogP contribution >= 0.6 is 23.5 Å². The molecular formula is C12H16N2O2S2. The number of nitrogens with zero attached hydrogens (tertiary/aromatic N) is 1. The number of nitrogens with one attached hydrogen (secondary N) is 1. The summed E-state index contributed by atoms with van der Waals surface area (Å²) in [5.74, 6) is 3.73. The Balaban J connectivity index is 1.74. The Bertz CT molecular complexity index is 392. The largest absolute Gasteiger partial charge is 0.312 e. The number of hydrogen-bond donors (Lipinski definition) is 1. The predicted octanol–water partition coefficient (Wildman–Crippen LogP) is 2.53. The topological polar surface area (TPSA) is 55.2 Å². The molecule has 1 aliphatic heterocycles. The fraction of sp³-hybridized carbons (Fsp3) is 0.500. The van der Waals surface area contributed by atoms with Crippen LogP contribution in [0, 0.1) is 10.1 Å². The van der Waals surface area contributed by atoms with Gasteiger partial charge in [-0.1, -0.05) is 12.1 Å². The third kappa shape index (κ3) is 4.19. The summed E-state index contributed by atoms with van der Waals surface area (Å²) in [5, 5.41) is 14.6. The average Bonchev–Trinajstić information content (AvgIpc) is 2.40. The Labute approximate surface area is 115 Å². The fourth-order valence-corrected chi connectivity index (χ4v) is 4.41. The lowest BCUT2D eigenvalue weighted by atomic mass is 10.2. The SMILES string of the molecule is O=[N+]([O-])c1ccc(CNCC2CSCCS2)cc1. The molecule has 1 unspecified atom stereocenters. The highest BCUT2D eigenvalue weighted by atomic mass is 32.2. The third-order valence-corrected chi connectivity index (χ3v) is 5.58. The van der Waals surface area contributed by atoms with Crippen LogP contribution in [0.1, 0.15) is 5.56 Å². The second-order valence-electron chi connectivity index (χ2n) is 4.12. The Morgan fingerprint density at radius 1 is 1.33 bits per heavy atom. The number of thioether (sulfide) groups is 2. The first kappa shape index (κ1) is 13.7. The number of benzene rings is 1. The van der Waals surface area contributed by atoms with Crippen molar-refractivity contribution in [1.82, 2.24) is 5.32 Å². The first-order valence-corrected chi connectivity index (χ1v) is 8.09. The zero-order valence-electron chi connectivity index (χ0n) is 10.0. The molecule has 1 atom stereocenters. The Morgan fingerprint density at radius 2 is 2.11 bits per heavy atom. The summed E-state index contributed by atoms with van der Waals surface area (Å²) in [6.45, 7) is 1.79. The van der Waals surface area contributed by atoms with Gasteiger partial charge in [-0.05, 0) is 5.56 Å². The molecule has 1 aliphatic rings. The van der Waals surface area contributed by atoms with Crippen molar-refractivity contribution >= 4 is 29.2 Å². The van der Waals surface area contributed by atoms with Gasteiger partial charge in [0, 0.05) is 47.7 Å². The van der Waals surface area contributed by atoms with Gasteiger partial charge in [-0.2, -0.15) is 23.5 Å². The van der Waals surface area contributed by atoms with Crippen molar-refractivity contribution < 1.29 is 4.92 Å². The van der Waals surface area contributed by atoms with Gasteiger partial charge < -0.3 is 5.32 Å². The number of nitro benzene ring substituents is 1. The minimum Gasteiger partial charge on any atom is -0.312 e. The minimum absolute atomic E-state index is 0.151. The van der Waals surface area contributed by atoms with E-state index < -0.39 is 0 Å². The van der Waals surface area contributed by atoms with Crippen molar-refractivity contribution in [3.8, 4) is 0 Å². The standard InChI is InChI=1S/C12H16N2O2S2/c15-14(16)11-3-1-10(2-4-11)7-13-8-12-9-17-5-6-18-12/h1-4,12-13H,5-9H2. The second-order valence-corrected chi connectivity index (χ2v) is 6.68. The monoisotopic (exact) mass is 284 g/mol. The molecule has 0 radical (unpaired) electrons. The highest BCUT2D eigenvalue weighted by Gasteiger charge is 2.13. The van der Waals surface area contributed by atoms with E-state index in [2.05, 4.69) is 5.32 Å². The molecule has 0 saturated carbocycles. The van der Waals surface area contributed by atoms with E-state index in [4.69, 9.17) is 0 Å². The zero-order valence-corrected chi connectivity index (χ0v) is 11.6. The van der Waals surface area contributed by atoms with E-state index in [0.717, 1.165) is 18.7 Å². The van der Waals surface area contributed by atoms with Gasteiger partial charge in [0.1, 0.15) is 0 Å². The van der Waals surface area contributed by atoms with Crippen molar-refractivity contribution in [1.29, 1.82) is 0 Å². The number of hydrogen-bond acceptors (Lipinski definition) is 5. The van der Waals surface area contributed by atoms with E-state index in [1.807, 2.05) is 35.7 Å². The van der Waals surface area contributed by atoms with Crippen LogP contribution in [0.3, 0.4) is 0 Å². The van der Waals surface area contributed by atoms with Crippen LogP contribution in [0.5, 0.6) is 0 Å². The molecule has 0 spiro atoms. The maximum atomic E-state index is 10.5. The fourth-order valence-electron chi connectivity index (χ4n) is 1.77. The van der Waals surface area contributed by atoms with Gasteiger partial charge in [0.15, 0.2) is 0 Å². The molecule has 2 rings (SSSR count). The van der Waals surface area contributed by atoms with Crippen molar-refractivity contribution in [2.45, 2.75) is 11.8 Å². The third-order valence-electron chi connectivity index (χ3n) is 2.73. The Morgan fingerprint density at radius 3 is 2.72 bits per heavy atom. The molecule has 1 aromatic rings. The van der Waals surface area contributed by atoms with E-state index in [1.165, 1.54) is 17.3 Å². The molecule has 1 heterocycles. The van der Waals surface area contributed by atoms with Crippen molar-refractivity contribution in [2.24, 2.45) is 0 Å². The molecule has 18 heavy (non-hydrogen) atoms. The second kappa shape index (κ2) is 7.01. The molecule has 0 aliphatic carbocycles. The predicted molar refractivity (Wildman–Crippen MR) is 78.4 cm³/mol. The van der Waals surface area contributed by atoms with Gasteiger partial charge >= 0.3 is 0 Å². The van der Waals surface area contributed by atoms with Crippen LogP contribution in [-0.4, -0.2) is 34.0 Å². The van der Waals surface area contributed by atoms with E-state index in [0.29, 0.717) is 5.25 Å². The van der Waals surface area contributed by atoms with Crippen LogP contribution in [0.25, 0.3) is 0 Å². The summed E-state index contributed by atoms with van der Waals surface area (Å²) in [6.07, 6.45) is 0. The normalized spacial score (nSPS) is 19.7. The Hall–Kier alpha value is -0.720. The van der Waals surface area contributed by atoms with Gasteiger partial charge in [0.25, 0.3) is 5.69 Å². The van der Waals surface area contributed by atoms with Gasteiger partial charge in [0.2, 0.25) is 0 Å².